The van der Waals surface area contributed by atoms with Crippen molar-refractivity contribution in [1.82, 2.24) is 10.0 Å². The number of rotatable bonds is 6. The van der Waals surface area contributed by atoms with Gasteiger partial charge in [-0.2, -0.15) is 0 Å². The molecule has 2 N–H and O–H groups in total. The number of alkyl halides is 1. The van der Waals surface area contributed by atoms with E-state index in [4.69, 9.17) is 0 Å². The van der Waals surface area contributed by atoms with E-state index in [1.807, 2.05) is 12.1 Å². The van der Waals surface area contributed by atoms with Gasteiger partial charge in [0, 0.05) is 17.4 Å². The Balaban J connectivity index is 2.50. The number of sulfonamides is 1. The summed E-state index contributed by atoms with van der Waals surface area (Å²) in [6.45, 7) is 0.0855. The second-order valence-electron chi connectivity index (χ2n) is 3.61. The molecule has 0 bridgehead atoms. The highest BCUT2D eigenvalue weighted by Gasteiger charge is 2.09. The molecule has 0 aliphatic carbocycles. The summed E-state index contributed by atoms with van der Waals surface area (Å²) in [7, 11) is -1.94. The summed E-state index contributed by atoms with van der Waals surface area (Å²) >= 11 is 3.32. The van der Waals surface area contributed by atoms with Crippen LogP contribution in [-0.2, 0) is 15.4 Å². The van der Waals surface area contributed by atoms with Gasteiger partial charge >= 0.3 is 0 Å². The fourth-order valence-electron chi connectivity index (χ4n) is 1.25. The van der Waals surface area contributed by atoms with E-state index in [1.165, 1.54) is 7.05 Å². The topological polar surface area (TPSA) is 75.3 Å². The normalized spacial score (nSPS) is 11.2. The Hall–Kier alpha value is -0.920. The summed E-state index contributed by atoms with van der Waals surface area (Å²) < 4.78 is 24.5. The van der Waals surface area contributed by atoms with Crippen LogP contribution in [0.15, 0.2) is 24.3 Å². The van der Waals surface area contributed by atoms with Crippen molar-refractivity contribution in [2.24, 2.45) is 0 Å². The quantitative estimate of drug-likeness (QED) is 0.757. The Morgan fingerprint density at radius 2 is 1.89 bits per heavy atom. The molecule has 0 spiro atoms. The number of hydrogen-bond donors (Lipinski definition) is 2. The van der Waals surface area contributed by atoms with E-state index < -0.39 is 10.0 Å². The zero-order chi connectivity index (χ0) is 13.6. The van der Waals surface area contributed by atoms with Crippen molar-refractivity contribution >= 4 is 31.9 Å². The molecule has 0 radical (unpaired) electrons. The first kappa shape index (κ1) is 15.1. The Morgan fingerprint density at radius 1 is 1.28 bits per heavy atom. The number of amides is 1. The first-order valence-corrected chi connectivity index (χ1v) is 8.10. The van der Waals surface area contributed by atoms with E-state index in [0.29, 0.717) is 5.56 Å². The van der Waals surface area contributed by atoms with Crippen molar-refractivity contribution in [3.8, 4) is 0 Å². The van der Waals surface area contributed by atoms with Crippen LogP contribution in [0.25, 0.3) is 0 Å². The minimum absolute atomic E-state index is 0.0855. The molecule has 1 rings (SSSR count). The summed E-state index contributed by atoms with van der Waals surface area (Å²) in [6, 6.07) is 7.10. The van der Waals surface area contributed by atoms with Gasteiger partial charge in [0.25, 0.3) is 5.91 Å². The van der Waals surface area contributed by atoms with Gasteiger partial charge in [0.2, 0.25) is 10.0 Å². The van der Waals surface area contributed by atoms with Gasteiger partial charge in [0.05, 0.1) is 5.75 Å². The molecular weight excluding hydrogens is 320 g/mol. The first-order valence-electron chi connectivity index (χ1n) is 5.33. The van der Waals surface area contributed by atoms with E-state index >= 15 is 0 Å². The fraction of sp³-hybridized carbons (Fsp3) is 0.364. The molecule has 5 nitrogen and oxygen atoms in total. The summed E-state index contributed by atoms with van der Waals surface area (Å²) in [5.41, 5.74) is 1.59. The lowest BCUT2D eigenvalue weighted by atomic mass is 10.1. The molecule has 0 saturated heterocycles. The minimum atomic E-state index is -3.28. The second kappa shape index (κ2) is 6.86. The van der Waals surface area contributed by atoms with Crippen LogP contribution in [-0.4, -0.2) is 33.7 Å². The largest absolute Gasteiger partial charge is 0.351 e. The number of carbonyl (C=O) groups excluding carboxylic acids is 1. The van der Waals surface area contributed by atoms with Crippen LogP contribution >= 0.6 is 15.9 Å². The Morgan fingerprint density at radius 3 is 2.39 bits per heavy atom. The van der Waals surface area contributed by atoms with Crippen LogP contribution in [0, 0.1) is 0 Å². The third kappa shape index (κ3) is 4.75. The molecule has 0 unspecified atom stereocenters. The molecule has 1 aromatic carbocycles. The molecule has 0 fully saturated rings. The van der Waals surface area contributed by atoms with Crippen molar-refractivity contribution < 1.29 is 13.2 Å². The first-order chi connectivity index (χ1) is 8.48. The zero-order valence-corrected chi connectivity index (χ0v) is 12.3. The minimum Gasteiger partial charge on any atom is -0.351 e. The summed E-state index contributed by atoms with van der Waals surface area (Å²) in [5.74, 6) is -0.406. The lowest BCUT2D eigenvalue weighted by Gasteiger charge is -2.06. The maximum Gasteiger partial charge on any atom is 0.251 e. The predicted molar refractivity (Wildman–Crippen MR) is 74.3 cm³/mol. The molecule has 7 heteroatoms. The van der Waals surface area contributed by atoms with Crippen LogP contribution in [0.2, 0.25) is 0 Å². The summed E-state index contributed by atoms with van der Waals surface area (Å²) in [4.78, 5) is 11.7. The Kier molecular flexibility index (Phi) is 5.77. The molecule has 100 valence electrons. The maximum atomic E-state index is 11.7. The predicted octanol–water partition coefficient (Wildman–Crippen LogP) is 0.860. The molecule has 18 heavy (non-hydrogen) atoms. The SMILES string of the molecule is CNS(=O)(=O)CCNC(=O)c1ccc(CBr)cc1. The van der Waals surface area contributed by atoms with Gasteiger partial charge < -0.3 is 5.32 Å². The molecule has 0 atom stereocenters. The van der Waals surface area contributed by atoms with Gasteiger partial charge in [-0.25, -0.2) is 13.1 Å². The van der Waals surface area contributed by atoms with Gasteiger partial charge in [0.15, 0.2) is 0 Å². The van der Waals surface area contributed by atoms with Gasteiger partial charge in [-0.15, -0.1) is 0 Å². The molecular formula is C11H15BrN2O3S. The standard InChI is InChI=1S/C11H15BrN2O3S/c1-13-18(16,17)7-6-14-11(15)10-4-2-9(8-12)3-5-10/h2-5,13H,6-8H2,1H3,(H,14,15). The fourth-order valence-corrected chi connectivity index (χ4v) is 2.20. The van der Waals surface area contributed by atoms with E-state index in [-0.39, 0.29) is 18.2 Å². The van der Waals surface area contributed by atoms with E-state index in [0.717, 1.165) is 10.9 Å². The van der Waals surface area contributed by atoms with Crippen molar-refractivity contribution in [2.75, 3.05) is 19.3 Å². The molecule has 0 aliphatic heterocycles. The van der Waals surface area contributed by atoms with Crippen molar-refractivity contribution in [1.29, 1.82) is 0 Å². The lowest BCUT2D eigenvalue weighted by Crippen LogP contribution is -2.32. The number of hydrogen-bond acceptors (Lipinski definition) is 3. The van der Waals surface area contributed by atoms with Gasteiger partial charge in [-0.1, -0.05) is 28.1 Å². The smallest absolute Gasteiger partial charge is 0.251 e. The van der Waals surface area contributed by atoms with Crippen LogP contribution in [0.1, 0.15) is 15.9 Å². The Labute approximate surface area is 115 Å². The van der Waals surface area contributed by atoms with Gasteiger partial charge in [-0.3, -0.25) is 4.79 Å². The third-order valence-corrected chi connectivity index (χ3v) is 4.35. The van der Waals surface area contributed by atoms with Crippen molar-refractivity contribution in [3.05, 3.63) is 35.4 Å². The highest BCUT2D eigenvalue weighted by molar-refractivity contribution is 9.08. The van der Waals surface area contributed by atoms with E-state index in [9.17, 15) is 13.2 Å². The molecule has 0 aliphatic rings. The Bertz CT molecular complexity index is 500. The van der Waals surface area contributed by atoms with Crippen molar-refractivity contribution in [3.63, 3.8) is 0 Å². The molecule has 1 amide bonds. The lowest BCUT2D eigenvalue weighted by molar-refractivity contribution is 0.0956. The monoisotopic (exact) mass is 334 g/mol. The van der Waals surface area contributed by atoms with E-state index in [2.05, 4.69) is 26.0 Å². The molecule has 0 aromatic heterocycles. The summed E-state index contributed by atoms with van der Waals surface area (Å²) in [5, 5.41) is 3.29. The highest BCUT2D eigenvalue weighted by Crippen LogP contribution is 2.07. The van der Waals surface area contributed by atoms with Crippen LogP contribution in [0.4, 0.5) is 0 Å². The van der Waals surface area contributed by atoms with E-state index in [1.54, 1.807) is 12.1 Å². The van der Waals surface area contributed by atoms with Gasteiger partial charge in [-0.05, 0) is 24.7 Å². The van der Waals surface area contributed by atoms with Crippen LogP contribution < -0.4 is 10.0 Å². The highest BCUT2D eigenvalue weighted by atomic mass is 79.9. The molecule has 1 aromatic rings. The summed E-state index contributed by atoms with van der Waals surface area (Å²) in [6.07, 6.45) is 0. The second-order valence-corrected chi connectivity index (χ2v) is 6.22. The number of nitrogens with one attached hydrogen (secondary N) is 2. The number of halogens is 1. The van der Waals surface area contributed by atoms with Crippen molar-refractivity contribution in [2.45, 2.75) is 5.33 Å². The molecule has 0 heterocycles. The number of carbonyl (C=O) groups is 1. The number of benzene rings is 1. The maximum absolute atomic E-state index is 11.7. The molecule has 0 saturated carbocycles. The third-order valence-electron chi connectivity index (χ3n) is 2.34. The zero-order valence-electron chi connectivity index (χ0n) is 9.94. The average Bonchev–Trinajstić information content (AvgIpc) is 2.38. The van der Waals surface area contributed by atoms with Gasteiger partial charge in [0.1, 0.15) is 0 Å². The average molecular weight is 335 g/mol. The van der Waals surface area contributed by atoms with Crippen LogP contribution in [0.3, 0.4) is 0 Å². The van der Waals surface area contributed by atoms with Crippen LogP contribution in [0.5, 0.6) is 0 Å².